The molecule has 0 aliphatic rings. The van der Waals surface area contributed by atoms with E-state index < -0.39 is 0 Å². The summed E-state index contributed by atoms with van der Waals surface area (Å²) in [6.45, 7) is 6.76. The van der Waals surface area contributed by atoms with Gasteiger partial charge >= 0.3 is 0 Å². The average Bonchev–Trinajstić information content (AvgIpc) is 3.42. The van der Waals surface area contributed by atoms with Crippen LogP contribution >= 0.6 is 11.8 Å². The first-order valence-electron chi connectivity index (χ1n) is 10.6. The van der Waals surface area contributed by atoms with Crippen LogP contribution in [0.5, 0.6) is 5.75 Å². The fourth-order valence-electron chi connectivity index (χ4n) is 3.41. The summed E-state index contributed by atoms with van der Waals surface area (Å²) in [5.41, 5.74) is 4.17. The predicted molar refractivity (Wildman–Crippen MR) is 129 cm³/mol. The van der Waals surface area contributed by atoms with Gasteiger partial charge in [-0.25, -0.2) is 0 Å². The third-order valence-electron chi connectivity index (χ3n) is 4.91. The van der Waals surface area contributed by atoms with Gasteiger partial charge in [-0.3, -0.25) is 9.36 Å². The van der Waals surface area contributed by atoms with Crippen molar-refractivity contribution in [1.82, 2.24) is 14.8 Å². The molecule has 8 heteroatoms. The SMILES string of the molecule is Cc1ccc(OCc2nnc(SCC(=O)Nc3cc(C)cc(C)c3)n2Cc2ccco2)cc1. The number of carbonyl (C=O) groups is 1. The molecule has 0 aliphatic heterocycles. The van der Waals surface area contributed by atoms with Crippen molar-refractivity contribution in [3.63, 3.8) is 0 Å². The number of carbonyl (C=O) groups excluding carboxylic acids is 1. The topological polar surface area (TPSA) is 82.2 Å². The summed E-state index contributed by atoms with van der Waals surface area (Å²) < 4.78 is 13.3. The van der Waals surface area contributed by atoms with Crippen molar-refractivity contribution < 1.29 is 13.9 Å². The molecule has 2 aromatic carbocycles. The molecule has 0 fully saturated rings. The Morgan fingerprint density at radius 1 is 1.03 bits per heavy atom. The molecule has 0 aliphatic carbocycles. The number of furan rings is 1. The van der Waals surface area contributed by atoms with E-state index in [1.165, 1.54) is 17.3 Å². The van der Waals surface area contributed by atoms with E-state index in [0.717, 1.165) is 28.3 Å². The minimum Gasteiger partial charge on any atom is -0.486 e. The Hall–Kier alpha value is -3.52. The molecule has 0 saturated carbocycles. The molecule has 0 atom stereocenters. The van der Waals surface area contributed by atoms with E-state index in [1.807, 2.05) is 73.9 Å². The standard InChI is InChI=1S/C25H26N4O3S/c1-17-6-8-21(9-7-17)32-15-23-27-28-25(29(23)14-22-5-4-10-31-22)33-16-24(30)26-20-12-18(2)11-19(3)13-20/h4-13H,14-16H2,1-3H3,(H,26,30). The van der Waals surface area contributed by atoms with Crippen LogP contribution in [-0.2, 0) is 17.9 Å². The number of anilines is 1. The number of thioether (sulfide) groups is 1. The highest BCUT2D eigenvalue weighted by atomic mass is 32.2. The van der Waals surface area contributed by atoms with Crippen LogP contribution in [0, 0.1) is 20.8 Å². The molecule has 0 bridgehead atoms. The van der Waals surface area contributed by atoms with Crippen molar-refractivity contribution in [3.8, 4) is 5.75 Å². The van der Waals surface area contributed by atoms with Crippen LogP contribution in [-0.4, -0.2) is 26.4 Å². The summed E-state index contributed by atoms with van der Waals surface area (Å²) in [6, 6.07) is 17.6. The van der Waals surface area contributed by atoms with E-state index in [0.29, 0.717) is 17.5 Å². The highest BCUT2D eigenvalue weighted by Crippen LogP contribution is 2.22. The number of benzene rings is 2. The Kier molecular flexibility index (Phi) is 7.14. The lowest BCUT2D eigenvalue weighted by Crippen LogP contribution is -2.15. The maximum Gasteiger partial charge on any atom is 0.234 e. The van der Waals surface area contributed by atoms with E-state index in [4.69, 9.17) is 9.15 Å². The molecule has 4 aromatic rings. The highest BCUT2D eigenvalue weighted by molar-refractivity contribution is 7.99. The normalized spacial score (nSPS) is 10.9. The second-order valence-electron chi connectivity index (χ2n) is 7.88. The van der Waals surface area contributed by atoms with Crippen molar-refractivity contribution >= 4 is 23.4 Å². The number of aromatic nitrogens is 3. The Balaban J connectivity index is 1.44. The maximum absolute atomic E-state index is 12.5. The molecule has 0 radical (unpaired) electrons. The first kappa shape index (κ1) is 22.7. The Morgan fingerprint density at radius 3 is 2.48 bits per heavy atom. The molecule has 0 saturated heterocycles. The average molecular weight is 463 g/mol. The lowest BCUT2D eigenvalue weighted by Gasteiger charge is -2.11. The van der Waals surface area contributed by atoms with Gasteiger partial charge in [0, 0.05) is 5.69 Å². The lowest BCUT2D eigenvalue weighted by atomic mass is 10.1. The van der Waals surface area contributed by atoms with Crippen molar-refractivity contribution in [1.29, 1.82) is 0 Å². The van der Waals surface area contributed by atoms with Crippen LogP contribution in [0.1, 0.15) is 28.3 Å². The molecule has 7 nitrogen and oxygen atoms in total. The molecule has 1 N–H and O–H groups in total. The van der Waals surface area contributed by atoms with Gasteiger partial charge in [0.05, 0.1) is 18.6 Å². The number of hydrogen-bond acceptors (Lipinski definition) is 6. The van der Waals surface area contributed by atoms with Gasteiger partial charge in [-0.05, 0) is 68.3 Å². The smallest absolute Gasteiger partial charge is 0.234 e. The van der Waals surface area contributed by atoms with Gasteiger partial charge in [-0.1, -0.05) is 35.5 Å². The van der Waals surface area contributed by atoms with Crippen LogP contribution in [0.3, 0.4) is 0 Å². The summed E-state index contributed by atoms with van der Waals surface area (Å²) in [4.78, 5) is 12.5. The van der Waals surface area contributed by atoms with E-state index >= 15 is 0 Å². The van der Waals surface area contributed by atoms with Crippen molar-refractivity contribution in [3.05, 3.63) is 89.1 Å². The van der Waals surface area contributed by atoms with Crippen LogP contribution < -0.4 is 10.1 Å². The highest BCUT2D eigenvalue weighted by Gasteiger charge is 2.16. The molecular weight excluding hydrogens is 436 g/mol. The molecule has 33 heavy (non-hydrogen) atoms. The minimum atomic E-state index is -0.102. The summed E-state index contributed by atoms with van der Waals surface area (Å²) in [5, 5.41) is 12.2. The van der Waals surface area contributed by atoms with Gasteiger partial charge in [-0.2, -0.15) is 0 Å². The molecule has 0 spiro atoms. The first-order chi connectivity index (χ1) is 16.0. The molecule has 170 valence electrons. The van der Waals surface area contributed by atoms with E-state index in [9.17, 15) is 4.79 Å². The maximum atomic E-state index is 12.5. The Morgan fingerprint density at radius 2 is 1.79 bits per heavy atom. The molecule has 0 unspecified atom stereocenters. The number of ether oxygens (including phenoxy) is 1. The number of hydrogen-bond donors (Lipinski definition) is 1. The van der Waals surface area contributed by atoms with E-state index in [1.54, 1.807) is 6.26 Å². The van der Waals surface area contributed by atoms with Crippen molar-refractivity contribution in [2.75, 3.05) is 11.1 Å². The molecule has 2 heterocycles. The van der Waals surface area contributed by atoms with Crippen molar-refractivity contribution in [2.45, 2.75) is 39.1 Å². The quantitative estimate of drug-likeness (QED) is 0.346. The van der Waals surface area contributed by atoms with Crippen LogP contribution in [0.4, 0.5) is 5.69 Å². The zero-order valence-corrected chi connectivity index (χ0v) is 19.7. The number of rotatable bonds is 9. The monoisotopic (exact) mass is 462 g/mol. The van der Waals surface area contributed by atoms with Crippen LogP contribution in [0.25, 0.3) is 0 Å². The largest absolute Gasteiger partial charge is 0.486 e. The van der Waals surface area contributed by atoms with E-state index in [2.05, 4.69) is 21.6 Å². The van der Waals surface area contributed by atoms with Gasteiger partial charge in [0.25, 0.3) is 0 Å². The summed E-state index contributed by atoms with van der Waals surface area (Å²) >= 11 is 1.33. The summed E-state index contributed by atoms with van der Waals surface area (Å²) in [7, 11) is 0. The Labute approximate surface area is 197 Å². The summed E-state index contributed by atoms with van der Waals surface area (Å²) in [6.07, 6.45) is 1.63. The van der Waals surface area contributed by atoms with Crippen LogP contribution in [0.15, 0.2) is 70.4 Å². The second-order valence-corrected chi connectivity index (χ2v) is 8.82. The van der Waals surface area contributed by atoms with Crippen molar-refractivity contribution in [2.24, 2.45) is 0 Å². The predicted octanol–water partition coefficient (Wildman–Crippen LogP) is 5.15. The Bertz CT molecular complexity index is 1200. The molecule has 2 aromatic heterocycles. The zero-order chi connectivity index (χ0) is 23.2. The fraction of sp³-hybridized carbons (Fsp3) is 0.240. The zero-order valence-electron chi connectivity index (χ0n) is 18.9. The fourth-order valence-corrected chi connectivity index (χ4v) is 4.16. The van der Waals surface area contributed by atoms with Gasteiger partial charge in [0.2, 0.25) is 5.91 Å². The third kappa shape index (κ3) is 6.26. The van der Waals surface area contributed by atoms with Gasteiger partial charge in [0.1, 0.15) is 18.1 Å². The number of aryl methyl sites for hydroxylation is 3. The number of amides is 1. The van der Waals surface area contributed by atoms with Gasteiger partial charge in [0.15, 0.2) is 11.0 Å². The second kappa shape index (κ2) is 10.4. The van der Waals surface area contributed by atoms with Crippen LogP contribution in [0.2, 0.25) is 0 Å². The van der Waals surface area contributed by atoms with Gasteiger partial charge in [-0.15, -0.1) is 10.2 Å². The number of nitrogens with zero attached hydrogens (tertiary/aromatic N) is 3. The van der Waals surface area contributed by atoms with Gasteiger partial charge < -0.3 is 14.5 Å². The third-order valence-corrected chi connectivity index (χ3v) is 5.88. The molecular formula is C25H26N4O3S. The first-order valence-corrected chi connectivity index (χ1v) is 11.6. The molecule has 1 amide bonds. The summed E-state index contributed by atoms with van der Waals surface area (Å²) in [5.74, 6) is 2.30. The lowest BCUT2D eigenvalue weighted by molar-refractivity contribution is -0.113. The van der Waals surface area contributed by atoms with E-state index in [-0.39, 0.29) is 18.3 Å². The number of nitrogens with one attached hydrogen (secondary N) is 1. The molecule has 4 rings (SSSR count). The minimum absolute atomic E-state index is 0.102.